The van der Waals surface area contributed by atoms with Crippen molar-refractivity contribution in [3.63, 3.8) is 0 Å². The zero-order valence-electron chi connectivity index (χ0n) is 6.27. The highest BCUT2D eigenvalue weighted by molar-refractivity contribution is 8.21. The molecule has 4 nitrogen and oxygen atoms in total. The minimum absolute atomic E-state index is 0.114. The van der Waals surface area contributed by atoms with Gasteiger partial charge < -0.3 is 0 Å². The molecular formula is C7H4ClNO3S. The normalized spacial score (nSPS) is 9.62. The molecule has 1 rings (SSSR count). The Kier molecular flexibility index (Phi) is 3.27. The van der Waals surface area contributed by atoms with Crippen molar-refractivity contribution in [3.05, 3.63) is 33.9 Å². The Morgan fingerprint density at radius 2 is 2.23 bits per heavy atom. The number of nitrogens with zero attached hydrogens (tertiary/aromatic N) is 1. The number of nitro benzene ring substituents is 1. The highest BCUT2D eigenvalue weighted by Gasteiger charge is 2.09. The molecule has 1 aromatic rings. The van der Waals surface area contributed by atoms with E-state index in [0.717, 1.165) is 11.0 Å². The summed E-state index contributed by atoms with van der Waals surface area (Å²) in [6.45, 7) is 0. The summed E-state index contributed by atoms with van der Waals surface area (Å²) in [6, 6.07) is 3.94. The van der Waals surface area contributed by atoms with Crippen LogP contribution in [-0.2, 0) is 0 Å². The summed E-state index contributed by atoms with van der Waals surface area (Å²) < 4.78 is 0. The zero-order valence-corrected chi connectivity index (χ0v) is 7.84. The molecule has 0 aromatic heterocycles. The van der Waals surface area contributed by atoms with Gasteiger partial charge in [0.2, 0.25) is 0 Å². The van der Waals surface area contributed by atoms with Crippen LogP contribution in [0.15, 0.2) is 23.1 Å². The van der Waals surface area contributed by atoms with E-state index in [0.29, 0.717) is 11.2 Å². The molecule has 68 valence electrons. The van der Waals surface area contributed by atoms with Gasteiger partial charge in [-0.05, 0) is 27.7 Å². The second-order valence-electron chi connectivity index (χ2n) is 2.17. The van der Waals surface area contributed by atoms with Crippen molar-refractivity contribution < 1.29 is 9.72 Å². The van der Waals surface area contributed by atoms with Crippen LogP contribution in [0, 0.1) is 10.1 Å². The number of aldehydes is 1. The van der Waals surface area contributed by atoms with Gasteiger partial charge in [-0.15, -0.1) is 0 Å². The van der Waals surface area contributed by atoms with Crippen LogP contribution < -0.4 is 0 Å². The maximum atomic E-state index is 10.5. The van der Waals surface area contributed by atoms with Gasteiger partial charge in [-0.1, -0.05) is 0 Å². The Labute approximate surface area is 82.5 Å². The van der Waals surface area contributed by atoms with Crippen LogP contribution in [0.5, 0.6) is 0 Å². The molecule has 0 heterocycles. The lowest BCUT2D eigenvalue weighted by Gasteiger charge is -1.97. The van der Waals surface area contributed by atoms with Crippen molar-refractivity contribution >= 4 is 33.6 Å². The molecule has 0 saturated heterocycles. The molecule has 0 unspecified atom stereocenters. The van der Waals surface area contributed by atoms with Crippen molar-refractivity contribution in [2.24, 2.45) is 0 Å². The topological polar surface area (TPSA) is 60.2 Å². The molecule has 0 aliphatic heterocycles. The number of carbonyl (C=O) groups excluding carboxylic acids is 1. The molecule has 6 heteroatoms. The van der Waals surface area contributed by atoms with E-state index in [1.165, 1.54) is 18.2 Å². The Morgan fingerprint density at radius 3 is 2.69 bits per heavy atom. The maximum Gasteiger partial charge on any atom is 0.270 e. The fraction of sp³-hybridized carbons (Fsp3) is 0. The number of halogens is 1. The number of hydrogen-bond acceptors (Lipinski definition) is 4. The lowest BCUT2D eigenvalue weighted by molar-refractivity contribution is -0.384. The first kappa shape index (κ1) is 10.0. The minimum atomic E-state index is -0.560. The summed E-state index contributed by atoms with van der Waals surface area (Å²) in [7, 11) is 6.29. The van der Waals surface area contributed by atoms with Crippen LogP contribution >= 0.6 is 21.7 Å². The molecule has 0 radical (unpaired) electrons. The number of non-ortho nitro benzene ring substituents is 1. The average Bonchev–Trinajstić information content (AvgIpc) is 2.16. The van der Waals surface area contributed by atoms with Gasteiger partial charge in [0.25, 0.3) is 5.69 Å². The van der Waals surface area contributed by atoms with Crippen molar-refractivity contribution in [1.82, 2.24) is 0 Å². The van der Waals surface area contributed by atoms with Gasteiger partial charge in [0.15, 0.2) is 6.29 Å². The van der Waals surface area contributed by atoms with Gasteiger partial charge in [0.1, 0.15) is 0 Å². The molecule has 0 atom stereocenters. The Hall–Kier alpha value is -1.07. The average molecular weight is 218 g/mol. The zero-order chi connectivity index (χ0) is 9.84. The number of rotatable bonds is 3. The third kappa shape index (κ3) is 2.19. The monoisotopic (exact) mass is 217 g/mol. The summed E-state index contributed by atoms with van der Waals surface area (Å²) in [4.78, 5) is 20.7. The number of nitro groups is 1. The van der Waals surface area contributed by atoms with E-state index in [9.17, 15) is 14.9 Å². The fourth-order valence-electron chi connectivity index (χ4n) is 0.812. The summed E-state index contributed by atoms with van der Waals surface area (Å²) >= 11 is 0. The number of hydrogen-bond donors (Lipinski definition) is 0. The van der Waals surface area contributed by atoms with Crippen LogP contribution in [0.4, 0.5) is 5.69 Å². The molecule has 0 saturated carbocycles. The van der Waals surface area contributed by atoms with Crippen LogP contribution in [0.3, 0.4) is 0 Å². The second-order valence-corrected chi connectivity index (χ2v) is 3.23. The van der Waals surface area contributed by atoms with Gasteiger partial charge in [0.05, 0.1) is 4.92 Å². The quantitative estimate of drug-likeness (QED) is 0.444. The van der Waals surface area contributed by atoms with Crippen molar-refractivity contribution in [1.29, 1.82) is 0 Å². The molecule has 0 aliphatic rings. The SMILES string of the molecule is O=Cc1cc([N+](=O)[O-])ccc1SCl. The Bertz CT molecular complexity index is 356. The Morgan fingerprint density at radius 1 is 1.54 bits per heavy atom. The van der Waals surface area contributed by atoms with Crippen LogP contribution in [0.1, 0.15) is 10.4 Å². The summed E-state index contributed by atoms with van der Waals surface area (Å²) in [5, 5.41) is 10.3. The molecule has 0 fully saturated rings. The third-order valence-corrected chi connectivity index (χ3v) is 2.45. The molecule has 0 bridgehead atoms. The van der Waals surface area contributed by atoms with Crippen molar-refractivity contribution in [2.75, 3.05) is 0 Å². The van der Waals surface area contributed by atoms with Crippen LogP contribution in [-0.4, -0.2) is 11.2 Å². The van der Waals surface area contributed by atoms with Crippen LogP contribution in [0.2, 0.25) is 0 Å². The van der Waals surface area contributed by atoms with E-state index in [2.05, 4.69) is 0 Å². The van der Waals surface area contributed by atoms with Gasteiger partial charge in [-0.2, -0.15) is 0 Å². The highest BCUT2D eigenvalue weighted by atomic mass is 35.7. The first-order chi connectivity index (χ1) is 6.19. The van der Waals surface area contributed by atoms with E-state index in [1.54, 1.807) is 0 Å². The van der Waals surface area contributed by atoms with Gasteiger partial charge in [0, 0.05) is 22.6 Å². The number of carbonyl (C=O) groups is 1. The summed E-state index contributed by atoms with van der Waals surface area (Å²) in [6.07, 6.45) is 0.539. The standard InChI is InChI=1S/C7H4ClNO3S/c8-13-7-2-1-6(9(11)12)3-5(7)4-10/h1-4H. The molecule has 0 aliphatic carbocycles. The highest BCUT2D eigenvalue weighted by Crippen LogP contribution is 2.27. The molecular weight excluding hydrogens is 214 g/mol. The second kappa shape index (κ2) is 4.25. The lowest BCUT2D eigenvalue weighted by atomic mass is 10.2. The molecule has 0 spiro atoms. The molecule has 1 aromatic carbocycles. The minimum Gasteiger partial charge on any atom is -0.298 e. The first-order valence-corrected chi connectivity index (χ1v) is 4.85. The van der Waals surface area contributed by atoms with E-state index in [-0.39, 0.29) is 11.3 Å². The van der Waals surface area contributed by atoms with E-state index >= 15 is 0 Å². The molecule has 0 amide bonds. The third-order valence-electron chi connectivity index (χ3n) is 1.41. The predicted octanol–water partition coefficient (Wildman–Crippen LogP) is 2.65. The predicted molar refractivity (Wildman–Crippen MR) is 50.2 cm³/mol. The van der Waals surface area contributed by atoms with E-state index < -0.39 is 4.92 Å². The maximum absolute atomic E-state index is 10.5. The summed E-state index contributed by atoms with van der Waals surface area (Å²) in [5.74, 6) is 0. The van der Waals surface area contributed by atoms with Crippen molar-refractivity contribution in [2.45, 2.75) is 4.90 Å². The largest absolute Gasteiger partial charge is 0.298 e. The van der Waals surface area contributed by atoms with Gasteiger partial charge >= 0.3 is 0 Å². The lowest BCUT2D eigenvalue weighted by Crippen LogP contribution is -1.91. The van der Waals surface area contributed by atoms with E-state index in [4.69, 9.17) is 10.7 Å². The Balaban J connectivity index is 3.20. The molecule has 0 N–H and O–H groups in total. The van der Waals surface area contributed by atoms with E-state index in [1.807, 2.05) is 0 Å². The fourth-order valence-corrected chi connectivity index (χ4v) is 1.55. The van der Waals surface area contributed by atoms with Gasteiger partial charge in [-0.25, -0.2) is 0 Å². The number of benzene rings is 1. The van der Waals surface area contributed by atoms with Crippen molar-refractivity contribution in [3.8, 4) is 0 Å². The molecule has 13 heavy (non-hydrogen) atoms. The van der Waals surface area contributed by atoms with Gasteiger partial charge in [-0.3, -0.25) is 14.9 Å². The first-order valence-electron chi connectivity index (χ1n) is 3.21. The smallest absolute Gasteiger partial charge is 0.270 e. The van der Waals surface area contributed by atoms with Crippen LogP contribution in [0.25, 0.3) is 0 Å². The summed E-state index contributed by atoms with van der Waals surface area (Å²) in [5.41, 5.74) is 0.116.